The van der Waals surface area contributed by atoms with Crippen LogP contribution in [0.1, 0.15) is 23.6 Å². The van der Waals surface area contributed by atoms with E-state index in [2.05, 4.69) is 15.6 Å². The third-order valence-electron chi connectivity index (χ3n) is 5.05. The number of hydrogen-bond donors (Lipinski definition) is 3. The van der Waals surface area contributed by atoms with E-state index >= 15 is 0 Å². The molecular formula is C22H21F3N4OS. The summed E-state index contributed by atoms with van der Waals surface area (Å²) in [5, 5.41) is 6.33. The number of carbonyl (C=O) groups is 1. The molecule has 31 heavy (non-hydrogen) atoms. The Balaban J connectivity index is 1.36. The monoisotopic (exact) mass is 446 g/mol. The molecule has 1 aromatic heterocycles. The largest absolute Gasteiger partial charge is 0.360 e. The maximum absolute atomic E-state index is 14.3. The molecule has 0 saturated carbocycles. The number of alkyl halides is 2. The van der Waals surface area contributed by atoms with Gasteiger partial charge in [0.05, 0.1) is 17.0 Å². The number of anilines is 2. The van der Waals surface area contributed by atoms with Gasteiger partial charge in [0, 0.05) is 31.3 Å². The summed E-state index contributed by atoms with van der Waals surface area (Å²) in [4.78, 5) is 16.6. The van der Waals surface area contributed by atoms with Crippen molar-refractivity contribution in [2.75, 3.05) is 17.2 Å². The van der Waals surface area contributed by atoms with Gasteiger partial charge < -0.3 is 16.4 Å². The van der Waals surface area contributed by atoms with Gasteiger partial charge in [0.15, 0.2) is 5.13 Å². The van der Waals surface area contributed by atoms with Gasteiger partial charge in [0.25, 0.3) is 5.92 Å². The Bertz CT molecular complexity index is 1110. The number of rotatable bonds is 7. The first kappa shape index (κ1) is 21.3. The van der Waals surface area contributed by atoms with Crippen molar-refractivity contribution in [2.24, 2.45) is 5.73 Å². The van der Waals surface area contributed by atoms with Crippen LogP contribution in [0.15, 0.2) is 42.6 Å². The van der Waals surface area contributed by atoms with Gasteiger partial charge in [-0.05, 0) is 35.2 Å². The summed E-state index contributed by atoms with van der Waals surface area (Å²) in [6.45, 7) is 1.31. The minimum absolute atomic E-state index is 0.0265. The van der Waals surface area contributed by atoms with E-state index < -0.39 is 11.7 Å². The van der Waals surface area contributed by atoms with Crippen LogP contribution in [0.25, 0.3) is 10.4 Å². The molecule has 1 aliphatic heterocycles. The number of halogens is 3. The van der Waals surface area contributed by atoms with Crippen molar-refractivity contribution in [3.8, 4) is 10.4 Å². The van der Waals surface area contributed by atoms with Gasteiger partial charge in [-0.1, -0.05) is 35.6 Å². The molecule has 2 aromatic carbocycles. The maximum Gasteiger partial charge on any atom is 0.270 e. The van der Waals surface area contributed by atoms with Crippen molar-refractivity contribution >= 4 is 28.1 Å². The number of amides is 1. The van der Waals surface area contributed by atoms with Gasteiger partial charge in [-0.2, -0.15) is 0 Å². The predicted molar refractivity (Wildman–Crippen MR) is 116 cm³/mol. The summed E-state index contributed by atoms with van der Waals surface area (Å²) in [6, 6.07) is 9.10. The van der Waals surface area contributed by atoms with Gasteiger partial charge in [0.1, 0.15) is 5.82 Å². The molecule has 1 atom stereocenters. The number of benzene rings is 2. The van der Waals surface area contributed by atoms with E-state index in [0.29, 0.717) is 29.2 Å². The topological polar surface area (TPSA) is 80.0 Å². The van der Waals surface area contributed by atoms with Crippen LogP contribution in [-0.2, 0) is 23.6 Å². The van der Waals surface area contributed by atoms with Crippen molar-refractivity contribution in [3.05, 3.63) is 65.1 Å². The normalized spacial score (nSPS) is 14.3. The number of nitrogens with zero attached hydrogens (tertiary/aromatic N) is 1. The fraction of sp³-hybridized carbons (Fsp3) is 0.273. The lowest BCUT2D eigenvalue weighted by Gasteiger charge is -2.14. The fourth-order valence-electron chi connectivity index (χ4n) is 3.46. The molecule has 9 heteroatoms. The highest BCUT2D eigenvalue weighted by molar-refractivity contribution is 7.18. The Kier molecular flexibility index (Phi) is 5.72. The zero-order valence-corrected chi connectivity index (χ0v) is 17.5. The van der Waals surface area contributed by atoms with E-state index in [1.54, 1.807) is 24.4 Å². The van der Waals surface area contributed by atoms with Crippen LogP contribution in [0.5, 0.6) is 0 Å². The molecule has 0 unspecified atom stereocenters. The standard InChI is InChI=1S/C22H21F3N4OS/c1-22(24,25)15-4-2-12(3-5-15)6-16(26)10-27-21-28-11-18(31-21)13-7-14-9-19(30)29-20(14)17(23)8-13/h2-5,7-8,11,16H,6,9-10,26H2,1H3,(H,27,28)(H,29,30)/t16-/m0/s1. The zero-order chi connectivity index (χ0) is 22.2. The summed E-state index contributed by atoms with van der Waals surface area (Å²) in [7, 11) is 0. The molecule has 1 aliphatic rings. The highest BCUT2D eigenvalue weighted by Crippen LogP contribution is 2.35. The summed E-state index contributed by atoms with van der Waals surface area (Å²) in [5.74, 6) is -3.54. The molecule has 3 aromatic rings. The summed E-state index contributed by atoms with van der Waals surface area (Å²) < 4.78 is 40.9. The molecule has 0 saturated heterocycles. The second-order valence-corrected chi connectivity index (χ2v) is 8.71. The zero-order valence-electron chi connectivity index (χ0n) is 16.7. The third kappa shape index (κ3) is 4.88. The molecule has 4 rings (SSSR count). The molecule has 0 radical (unpaired) electrons. The molecule has 0 spiro atoms. The number of fused-ring (bicyclic) bond motifs is 1. The highest BCUT2D eigenvalue weighted by Gasteiger charge is 2.24. The van der Waals surface area contributed by atoms with Crippen LogP contribution < -0.4 is 16.4 Å². The minimum Gasteiger partial charge on any atom is -0.360 e. The summed E-state index contributed by atoms with van der Waals surface area (Å²) >= 11 is 1.36. The maximum atomic E-state index is 14.3. The molecule has 5 nitrogen and oxygen atoms in total. The number of nitrogens with one attached hydrogen (secondary N) is 2. The van der Waals surface area contributed by atoms with Gasteiger partial charge in [-0.3, -0.25) is 4.79 Å². The average Bonchev–Trinajstić information content (AvgIpc) is 3.32. The van der Waals surface area contributed by atoms with Gasteiger partial charge in [-0.15, -0.1) is 0 Å². The number of hydrogen-bond acceptors (Lipinski definition) is 5. The molecular weight excluding hydrogens is 425 g/mol. The molecule has 0 bridgehead atoms. The number of thiazole rings is 1. The van der Waals surface area contributed by atoms with Gasteiger partial charge >= 0.3 is 0 Å². The lowest BCUT2D eigenvalue weighted by molar-refractivity contribution is -0.115. The minimum atomic E-state index is -2.86. The first-order valence-corrected chi connectivity index (χ1v) is 10.6. The fourth-order valence-corrected chi connectivity index (χ4v) is 4.27. The molecule has 0 fully saturated rings. The lowest BCUT2D eigenvalue weighted by Crippen LogP contribution is -2.31. The lowest BCUT2D eigenvalue weighted by atomic mass is 10.0. The number of aromatic nitrogens is 1. The first-order valence-electron chi connectivity index (χ1n) is 9.74. The Morgan fingerprint density at radius 2 is 2.03 bits per heavy atom. The Hall–Kier alpha value is -2.91. The Morgan fingerprint density at radius 3 is 2.74 bits per heavy atom. The molecule has 4 N–H and O–H groups in total. The van der Waals surface area contributed by atoms with Crippen LogP contribution in [0.3, 0.4) is 0 Å². The van der Waals surface area contributed by atoms with Crippen LogP contribution in [0, 0.1) is 5.82 Å². The number of carbonyl (C=O) groups excluding carboxylic acids is 1. The van der Waals surface area contributed by atoms with Crippen molar-refractivity contribution in [1.82, 2.24) is 4.98 Å². The van der Waals surface area contributed by atoms with Crippen LogP contribution in [0.4, 0.5) is 24.0 Å². The Morgan fingerprint density at radius 1 is 1.29 bits per heavy atom. The van der Waals surface area contributed by atoms with Crippen molar-refractivity contribution in [3.63, 3.8) is 0 Å². The van der Waals surface area contributed by atoms with E-state index in [1.807, 2.05) is 0 Å². The van der Waals surface area contributed by atoms with Crippen molar-refractivity contribution < 1.29 is 18.0 Å². The molecule has 2 heterocycles. The van der Waals surface area contributed by atoms with Crippen LogP contribution in [0.2, 0.25) is 0 Å². The van der Waals surface area contributed by atoms with Gasteiger partial charge in [-0.25, -0.2) is 18.2 Å². The van der Waals surface area contributed by atoms with E-state index in [9.17, 15) is 18.0 Å². The Labute approximate surface area is 181 Å². The van der Waals surface area contributed by atoms with E-state index in [1.165, 1.54) is 29.5 Å². The molecule has 162 valence electrons. The van der Waals surface area contributed by atoms with E-state index in [4.69, 9.17) is 5.73 Å². The third-order valence-corrected chi connectivity index (χ3v) is 6.06. The highest BCUT2D eigenvalue weighted by atomic mass is 32.1. The second-order valence-electron chi connectivity index (χ2n) is 7.68. The summed E-state index contributed by atoms with van der Waals surface area (Å²) in [5.41, 5.74) is 8.56. The smallest absolute Gasteiger partial charge is 0.270 e. The number of nitrogens with two attached hydrogens (primary N) is 1. The SMILES string of the molecule is CC(F)(F)c1ccc(C[C@H](N)CNc2ncc(-c3cc(F)c4c(c3)CC(=O)N4)s2)cc1. The summed E-state index contributed by atoms with van der Waals surface area (Å²) in [6.07, 6.45) is 2.33. The van der Waals surface area contributed by atoms with E-state index in [0.717, 1.165) is 17.4 Å². The van der Waals surface area contributed by atoms with Crippen molar-refractivity contribution in [1.29, 1.82) is 0 Å². The van der Waals surface area contributed by atoms with Crippen molar-refractivity contribution in [2.45, 2.75) is 31.7 Å². The average molecular weight is 446 g/mol. The quantitative estimate of drug-likeness (QED) is 0.498. The second kappa shape index (κ2) is 8.32. The first-order chi connectivity index (χ1) is 14.7. The van der Waals surface area contributed by atoms with Gasteiger partial charge in [0.2, 0.25) is 5.91 Å². The molecule has 0 aliphatic carbocycles. The van der Waals surface area contributed by atoms with E-state index in [-0.39, 0.29) is 29.6 Å². The predicted octanol–water partition coefficient (Wildman–Crippen LogP) is 4.54. The van der Waals surface area contributed by atoms with Crippen LogP contribution in [-0.4, -0.2) is 23.5 Å². The van der Waals surface area contributed by atoms with Crippen LogP contribution >= 0.6 is 11.3 Å². The molecule has 1 amide bonds.